The monoisotopic (exact) mass is 482 g/mol. The van der Waals surface area contributed by atoms with Gasteiger partial charge in [-0.3, -0.25) is 9.59 Å². The Labute approximate surface area is 169 Å². The highest BCUT2D eigenvalue weighted by molar-refractivity contribution is 9.10. The molecule has 0 spiro atoms. The fourth-order valence-corrected chi connectivity index (χ4v) is 2.67. The average Bonchev–Trinajstić information content (AvgIpc) is 2.61. The summed E-state index contributed by atoms with van der Waals surface area (Å²) in [5, 5.41) is 2.09. The maximum atomic E-state index is 12.9. The Balaban J connectivity index is 2.33. The first-order valence-corrected chi connectivity index (χ1v) is 8.71. The van der Waals surface area contributed by atoms with Crippen LogP contribution in [0.3, 0.4) is 0 Å². The van der Waals surface area contributed by atoms with Crippen LogP contribution in [0.2, 0.25) is 0 Å². The Kier molecular flexibility index (Phi) is 6.61. The normalized spacial score (nSPS) is 13.1. The largest absolute Gasteiger partial charge is 0.416 e. The third kappa shape index (κ3) is 6.21. The summed E-state index contributed by atoms with van der Waals surface area (Å²) in [6.07, 6.45) is -10.3. The van der Waals surface area contributed by atoms with Gasteiger partial charge in [-0.15, -0.1) is 0 Å². The Morgan fingerprint density at radius 1 is 0.931 bits per heavy atom. The van der Waals surface area contributed by atoms with Gasteiger partial charge >= 0.3 is 12.4 Å². The predicted molar refractivity (Wildman–Crippen MR) is 94.7 cm³/mol. The molecule has 11 heteroatoms. The van der Waals surface area contributed by atoms with Gasteiger partial charge < -0.3 is 11.1 Å². The van der Waals surface area contributed by atoms with E-state index in [2.05, 4.69) is 21.2 Å². The second-order valence-electron chi connectivity index (χ2n) is 6.05. The number of nitrogens with two attached hydrogens (primary N) is 1. The summed E-state index contributed by atoms with van der Waals surface area (Å²) >= 11 is 3.21. The number of amides is 2. The molecule has 3 N–H and O–H groups in total. The zero-order valence-corrected chi connectivity index (χ0v) is 16.0. The van der Waals surface area contributed by atoms with Crippen molar-refractivity contribution >= 4 is 27.7 Å². The molecule has 0 heterocycles. The van der Waals surface area contributed by atoms with Crippen molar-refractivity contribution in [2.75, 3.05) is 0 Å². The Morgan fingerprint density at radius 2 is 1.41 bits per heavy atom. The quantitative estimate of drug-likeness (QED) is 0.623. The van der Waals surface area contributed by atoms with Crippen LogP contribution in [0.5, 0.6) is 0 Å². The summed E-state index contributed by atoms with van der Waals surface area (Å²) in [6.45, 7) is 0. The van der Waals surface area contributed by atoms with Crippen LogP contribution < -0.4 is 11.1 Å². The van der Waals surface area contributed by atoms with Gasteiger partial charge in [0.05, 0.1) is 11.1 Å². The number of alkyl halides is 6. The number of carbonyl (C=O) groups is 2. The Morgan fingerprint density at radius 3 is 1.83 bits per heavy atom. The van der Waals surface area contributed by atoms with E-state index in [0.29, 0.717) is 5.56 Å². The van der Waals surface area contributed by atoms with Crippen LogP contribution >= 0.6 is 15.9 Å². The molecule has 0 bridgehead atoms. The SMILES string of the molecule is NC(=O)[C@H](Cc1ccc(Br)cc1)NC(=O)c1cc(C(F)(F)F)cc(C(F)(F)F)c1. The van der Waals surface area contributed by atoms with E-state index in [1.165, 1.54) is 0 Å². The summed E-state index contributed by atoms with van der Waals surface area (Å²) in [5.74, 6) is -2.29. The number of primary amides is 1. The first-order chi connectivity index (χ1) is 13.3. The second-order valence-corrected chi connectivity index (χ2v) is 6.97. The van der Waals surface area contributed by atoms with Crippen molar-refractivity contribution in [1.82, 2.24) is 5.32 Å². The minimum atomic E-state index is -5.10. The zero-order valence-electron chi connectivity index (χ0n) is 14.4. The first kappa shape index (κ1) is 22.7. The Bertz CT molecular complexity index is 878. The number of hydrogen-bond acceptors (Lipinski definition) is 2. The van der Waals surface area contributed by atoms with Gasteiger partial charge in [-0.25, -0.2) is 0 Å². The molecular weight excluding hydrogens is 470 g/mol. The van der Waals surface area contributed by atoms with E-state index < -0.39 is 46.9 Å². The van der Waals surface area contributed by atoms with Gasteiger partial charge in [0.1, 0.15) is 6.04 Å². The van der Waals surface area contributed by atoms with E-state index in [-0.39, 0.29) is 24.6 Å². The molecule has 0 fully saturated rings. The Hall–Kier alpha value is -2.56. The van der Waals surface area contributed by atoms with Gasteiger partial charge in [-0.05, 0) is 35.9 Å². The fourth-order valence-electron chi connectivity index (χ4n) is 2.41. The summed E-state index contributed by atoms with van der Waals surface area (Å²) in [5.41, 5.74) is 1.61. The van der Waals surface area contributed by atoms with Gasteiger partial charge in [0, 0.05) is 16.5 Å². The van der Waals surface area contributed by atoms with Gasteiger partial charge in [-0.2, -0.15) is 26.3 Å². The van der Waals surface area contributed by atoms with Crippen molar-refractivity contribution in [3.05, 3.63) is 69.2 Å². The van der Waals surface area contributed by atoms with Gasteiger partial charge in [0.25, 0.3) is 5.91 Å². The second kappa shape index (κ2) is 8.44. The molecule has 2 aromatic carbocycles. The van der Waals surface area contributed by atoms with Gasteiger partial charge in [0.15, 0.2) is 0 Å². The third-order valence-corrected chi connectivity index (χ3v) is 4.38. The smallest absolute Gasteiger partial charge is 0.368 e. The number of rotatable bonds is 5. The van der Waals surface area contributed by atoms with E-state index in [4.69, 9.17) is 5.73 Å². The highest BCUT2D eigenvalue weighted by atomic mass is 79.9. The van der Waals surface area contributed by atoms with E-state index in [1.54, 1.807) is 24.3 Å². The summed E-state index contributed by atoms with van der Waals surface area (Å²) in [4.78, 5) is 23.9. The van der Waals surface area contributed by atoms with E-state index in [1.807, 2.05) is 0 Å². The number of halogens is 7. The molecule has 4 nitrogen and oxygen atoms in total. The van der Waals surface area contributed by atoms with Crippen molar-refractivity contribution in [2.45, 2.75) is 24.8 Å². The summed E-state index contributed by atoms with van der Waals surface area (Å²) in [7, 11) is 0. The van der Waals surface area contributed by atoms with Crippen LogP contribution in [0.4, 0.5) is 26.3 Å². The van der Waals surface area contributed by atoms with Gasteiger partial charge in [-0.1, -0.05) is 28.1 Å². The number of hydrogen-bond donors (Lipinski definition) is 2. The molecule has 29 heavy (non-hydrogen) atoms. The molecule has 0 saturated heterocycles. The summed E-state index contributed by atoms with van der Waals surface area (Å²) < 4.78 is 78.3. The maximum Gasteiger partial charge on any atom is 0.416 e. The molecule has 0 aliphatic rings. The van der Waals surface area contributed by atoms with Crippen LogP contribution in [-0.2, 0) is 23.6 Å². The number of benzene rings is 2. The molecule has 2 amide bonds. The van der Waals surface area contributed by atoms with Crippen LogP contribution in [0, 0.1) is 0 Å². The molecular formula is C18H13BrF6N2O2. The standard InChI is InChI=1S/C18H13BrF6N2O2/c19-13-3-1-9(2-4-13)5-14(15(26)28)27-16(29)10-6-11(17(20,21)22)8-12(7-10)18(23,24)25/h1-4,6-8,14H,5H2,(H2,26,28)(H,27,29)/t14-/m0/s1. The maximum absolute atomic E-state index is 12.9. The van der Waals surface area contributed by atoms with Crippen LogP contribution in [0.25, 0.3) is 0 Å². The van der Waals surface area contributed by atoms with E-state index in [0.717, 1.165) is 4.47 Å². The van der Waals surface area contributed by atoms with E-state index >= 15 is 0 Å². The molecule has 156 valence electrons. The number of nitrogens with one attached hydrogen (secondary N) is 1. The minimum Gasteiger partial charge on any atom is -0.368 e. The van der Waals surface area contributed by atoms with Crippen molar-refractivity contribution in [2.24, 2.45) is 5.73 Å². The van der Waals surface area contributed by atoms with Crippen LogP contribution in [-0.4, -0.2) is 17.9 Å². The topological polar surface area (TPSA) is 72.2 Å². The van der Waals surface area contributed by atoms with Gasteiger partial charge in [0.2, 0.25) is 5.91 Å². The first-order valence-electron chi connectivity index (χ1n) is 7.91. The molecule has 0 aromatic heterocycles. The molecule has 2 rings (SSSR count). The lowest BCUT2D eigenvalue weighted by atomic mass is 10.0. The zero-order chi connectivity index (χ0) is 22.0. The lowest BCUT2D eigenvalue weighted by Crippen LogP contribution is -2.46. The third-order valence-electron chi connectivity index (χ3n) is 3.85. The summed E-state index contributed by atoms with van der Waals surface area (Å²) in [6, 6.07) is 5.65. The van der Waals surface area contributed by atoms with Crippen molar-refractivity contribution in [3.8, 4) is 0 Å². The predicted octanol–water partition coefficient (Wildman–Crippen LogP) is 4.31. The van der Waals surface area contributed by atoms with Crippen molar-refractivity contribution < 1.29 is 35.9 Å². The molecule has 0 unspecified atom stereocenters. The van der Waals surface area contributed by atoms with Crippen molar-refractivity contribution in [3.63, 3.8) is 0 Å². The number of carbonyl (C=O) groups excluding carboxylic acids is 2. The van der Waals surface area contributed by atoms with E-state index in [9.17, 15) is 35.9 Å². The molecule has 1 atom stereocenters. The lowest BCUT2D eigenvalue weighted by Gasteiger charge is -2.18. The van der Waals surface area contributed by atoms with Crippen molar-refractivity contribution in [1.29, 1.82) is 0 Å². The molecule has 0 aliphatic carbocycles. The molecule has 2 aromatic rings. The molecule has 0 aliphatic heterocycles. The minimum absolute atomic E-state index is 0.0931. The average molecular weight is 483 g/mol. The molecule has 0 saturated carbocycles. The highest BCUT2D eigenvalue weighted by Crippen LogP contribution is 2.36. The highest BCUT2D eigenvalue weighted by Gasteiger charge is 2.37. The van der Waals surface area contributed by atoms with Crippen LogP contribution in [0.15, 0.2) is 46.9 Å². The van der Waals surface area contributed by atoms with Crippen LogP contribution in [0.1, 0.15) is 27.0 Å². The lowest BCUT2D eigenvalue weighted by molar-refractivity contribution is -0.143. The molecule has 0 radical (unpaired) electrons. The fraction of sp³-hybridized carbons (Fsp3) is 0.222.